The molecule has 1 saturated heterocycles. The SMILES string of the molecule is CC(CO)CNCC1CCN(C)C1. The van der Waals surface area contributed by atoms with Crippen LogP contribution in [0, 0.1) is 11.8 Å². The van der Waals surface area contributed by atoms with Crippen molar-refractivity contribution in [2.75, 3.05) is 39.8 Å². The smallest absolute Gasteiger partial charge is 0.0468 e. The molecule has 0 saturated carbocycles. The Morgan fingerprint density at radius 3 is 2.92 bits per heavy atom. The van der Waals surface area contributed by atoms with Gasteiger partial charge in [-0.2, -0.15) is 0 Å². The molecule has 0 aromatic heterocycles. The van der Waals surface area contributed by atoms with Gasteiger partial charge in [0.15, 0.2) is 0 Å². The van der Waals surface area contributed by atoms with E-state index in [1.165, 1.54) is 19.5 Å². The zero-order valence-corrected chi connectivity index (χ0v) is 8.79. The van der Waals surface area contributed by atoms with Crippen LogP contribution in [-0.2, 0) is 0 Å². The molecule has 1 aliphatic heterocycles. The topological polar surface area (TPSA) is 35.5 Å². The number of aliphatic hydroxyl groups is 1. The van der Waals surface area contributed by atoms with Crippen molar-refractivity contribution in [3.63, 3.8) is 0 Å². The van der Waals surface area contributed by atoms with E-state index < -0.39 is 0 Å². The van der Waals surface area contributed by atoms with Gasteiger partial charge in [0.2, 0.25) is 0 Å². The van der Waals surface area contributed by atoms with Crippen LogP contribution in [0.25, 0.3) is 0 Å². The van der Waals surface area contributed by atoms with E-state index >= 15 is 0 Å². The molecule has 2 unspecified atom stereocenters. The molecule has 0 aliphatic carbocycles. The maximum Gasteiger partial charge on any atom is 0.0468 e. The molecule has 1 fully saturated rings. The van der Waals surface area contributed by atoms with Gasteiger partial charge in [0.05, 0.1) is 0 Å². The van der Waals surface area contributed by atoms with E-state index in [1.807, 2.05) is 0 Å². The molecule has 78 valence electrons. The van der Waals surface area contributed by atoms with Crippen LogP contribution in [-0.4, -0.2) is 49.8 Å². The zero-order chi connectivity index (χ0) is 9.68. The minimum Gasteiger partial charge on any atom is -0.396 e. The van der Waals surface area contributed by atoms with Crippen molar-refractivity contribution in [2.24, 2.45) is 11.8 Å². The largest absolute Gasteiger partial charge is 0.396 e. The van der Waals surface area contributed by atoms with Crippen molar-refractivity contribution in [3.05, 3.63) is 0 Å². The molecule has 0 aromatic rings. The van der Waals surface area contributed by atoms with E-state index in [1.54, 1.807) is 0 Å². The molecular formula is C10H22N2O. The van der Waals surface area contributed by atoms with Crippen LogP contribution in [0.3, 0.4) is 0 Å². The molecule has 2 N–H and O–H groups in total. The van der Waals surface area contributed by atoms with Crippen LogP contribution in [0.2, 0.25) is 0 Å². The average molecular weight is 186 g/mol. The molecule has 13 heavy (non-hydrogen) atoms. The van der Waals surface area contributed by atoms with Gasteiger partial charge in [-0.15, -0.1) is 0 Å². The molecule has 0 spiro atoms. The van der Waals surface area contributed by atoms with Gasteiger partial charge in [-0.05, 0) is 44.9 Å². The Morgan fingerprint density at radius 1 is 1.62 bits per heavy atom. The number of rotatable bonds is 5. The third-order valence-electron chi connectivity index (χ3n) is 2.73. The summed E-state index contributed by atoms with van der Waals surface area (Å²) in [5, 5.41) is 12.2. The van der Waals surface area contributed by atoms with Gasteiger partial charge in [0.1, 0.15) is 0 Å². The Labute approximate surface area is 81.1 Å². The van der Waals surface area contributed by atoms with Crippen molar-refractivity contribution in [1.82, 2.24) is 10.2 Å². The number of hydrogen-bond acceptors (Lipinski definition) is 3. The molecule has 0 radical (unpaired) electrons. The van der Waals surface area contributed by atoms with Crippen molar-refractivity contribution < 1.29 is 5.11 Å². The Bertz CT molecular complexity index is 141. The summed E-state index contributed by atoms with van der Waals surface area (Å²) in [4.78, 5) is 2.38. The predicted molar refractivity (Wildman–Crippen MR) is 54.7 cm³/mol. The summed E-state index contributed by atoms with van der Waals surface area (Å²) in [6.45, 7) is 6.86. The maximum absolute atomic E-state index is 8.82. The second-order valence-corrected chi connectivity index (χ2v) is 4.36. The monoisotopic (exact) mass is 186 g/mol. The van der Waals surface area contributed by atoms with Crippen molar-refractivity contribution in [3.8, 4) is 0 Å². The van der Waals surface area contributed by atoms with Gasteiger partial charge >= 0.3 is 0 Å². The lowest BCUT2D eigenvalue weighted by Crippen LogP contribution is -2.29. The van der Waals surface area contributed by atoms with Crippen molar-refractivity contribution in [2.45, 2.75) is 13.3 Å². The van der Waals surface area contributed by atoms with E-state index in [4.69, 9.17) is 5.11 Å². The lowest BCUT2D eigenvalue weighted by Gasteiger charge is -2.13. The van der Waals surface area contributed by atoms with E-state index in [0.717, 1.165) is 19.0 Å². The first-order chi connectivity index (χ1) is 6.22. The highest BCUT2D eigenvalue weighted by atomic mass is 16.3. The van der Waals surface area contributed by atoms with Gasteiger partial charge < -0.3 is 15.3 Å². The third kappa shape index (κ3) is 4.07. The molecule has 0 amide bonds. The molecule has 2 atom stereocenters. The second-order valence-electron chi connectivity index (χ2n) is 4.36. The first-order valence-electron chi connectivity index (χ1n) is 5.22. The molecule has 3 nitrogen and oxygen atoms in total. The summed E-state index contributed by atoms with van der Waals surface area (Å²) in [5.74, 6) is 1.20. The number of nitrogens with one attached hydrogen (secondary N) is 1. The van der Waals surface area contributed by atoms with Crippen LogP contribution in [0.15, 0.2) is 0 Å². The molecule has 1 rings (SSSR count). The van der Waals surface area contributed by atoms with Crippen molar-refractivity contribution in [1.29, 1.82) is 0 Å². The van der Waals surface area contributed by atoms with E-state index in [-0.39, 0.29) is 6.61 Å². The predicted octanol–water partition coefficient (Wildman–Crippen LogP) is 0.156. The minimum absolute atomic E-state index is 0.289. The Balaban J connectivity index is 2.00. The van der Waals surface area contributed by atoms with Crippen molar-refractivity contribution >= 4 is 0 Å². The number of nitrogens with zero attached hydrogens (tertiary/aromatic N) is 1. The zero-order valence-electron chi connectivity index (χ0n) is 8.79. The van der Waals surface area contributed by atoms with Crippen LogP contribution < -0.4 is 5.32 Å². The normalized spacial score (nSPS) is 26.5. The highest BCUT2D eigenvalue weighted by Gasteiger charge is 2.18. The lowest BCUT2D eigenvalue weighted by molar-refractivity contribution is 0.232. The fourth-order valence-electron chi connectivity index (χ4n) is 1.79. The highest BCUT2D eigenvalue weighted by Crippen LogP contribution is 2.12. The minimum atomic E-state index is 0.289. The van der Waals surface area contributed by atoms with Crippen LogP contribution >= 0.6 is 0 Å². The summed E-state index contributed by atoms with van der Waals surface area (Å²) in [5.41, 5.74) is 0. The van der Waals surface area contributed by atoms with E-state index in [9.17, 15) is 0 Å². The van der Waals surface area contributed by atoms with E-state index in [2.05, 4.69) is 24.2 Å². The maximum atomic E-state index is 8.82. The summed E-state index contributed by atoms with van der Waals surface area (Å²) in [6.07, 6.45) is 1.32. The van der Waals surface area contributed by atoms with Gasteiger partial charge in [-0.3, -0.25) is 0 Å². The van der Waals surface area contributed by atoms with Crippen LogP contribution in [0.5, 0.6) is 0 Å². The molecule has 1 aliphatic rings. The standard InChI is InChI=1S/C10H22N2O/c1-9(8-13)5-11-6-10-3-4-12(2)7-10/h9-11,13H,3-8H2,1-2H3. The van der Waals surface area contributed by atoms with Gasteiger partial charge in [0.25, 0.3) is 0 Å². The lowest BCUT2D eigenvalue weighted by atomic mass is 10.1. The van der Waals surface area contributed by atoms with Crippen LogP contribution in [0.1, 0.15) is 13.3 Å². The highest BCUT2D eigenvalue weighted by molar-refractivity contribution is 4.74. The molecule has 3 heteroatoms. The Hall–Kier alpha value is -0.120. The average Bonchev–Trinajstić information content (AvgIpc) is 2.51. The number of likely N-dealkylation sites (tertiary alicyclic amines) is 1. The van der Waals surface area contributed by atoms with E-state index in [0.29, 0.717) is 5.92 Å². The Morgan fingerprint density at radius 2 is 2.38 bits per heavy atom. The fourth-order valence-corrected chi connectivity index (χ4v) is 1.79. The van der Waals surface area contributed by atoms with Gasteiger partial charge in [-0.25, -0.2) is 0 Å². The van der Waals surface area contributed by atoms with Crippen LogP contribution in [0.4, 0.5) is 0 Å². The third-order valence-corrected chi connectivity index (χ3v) is 2.73. The molecular weight excluding hydrogens is 164 g/mol. The summed E-state index contributed by atoms with van der Waals surface area (Å²) in [6, 6.07) is 0. The second kappa shape index (κ2) is 5.58. The summed E-state index contributed by atoms with van der Waals surface area (Å²) in [7, 11) is 2.18. The first kappa shape index (κ1) is 11.0. The first-order valence-corrected chi connectivity index (χ1v) is 5.22. The quantitative estimate of drug-likeness (QED) is 0.642. The molecule has 0 bridgehead atoms. The Kier molecular flexibility index (Phi) is 4.70. The molecule has 0 aromatic carbocycles. The number of aliphatic hydroxyl groups excluding tert-OH is 1. The molecule has 1 heterocycles. The fraction of sp³-hybridized carbons (Fsp3) is 1.00. The summed E-state index contributed by atoms with van der Waals surface area (Å²) < 4.78 is 0. The summed E-state index contributed by atoms with van der Waals surface area (Å²) >= 11 is 0. The number of hydrogen-bond donors (Lipinski definition) is 2. The van der Waals surface area contributed by atoms with Gasteiger partial charge in [-0.1, -0.05) is 6.92 Å². The van der Waals surface area contributed by atoms with Gasteiger partial charge in [0, 0.05) is 13.2 Å².